The fourth-order valence-corrected chi connectivity index (χ4v) is 1.85. The third-order valence-electron chi connectivity index (χ3n) is 1.54. The van der Waals surface area contributed by atoms with Gasteiger partial charge >= 0.3 is 5.97 Å². The Labute approximate surface area is 101 Å². The van der Waals surface area contributed by atoms with Gasteiger partial charge in [-0.05, 0) is 21.2 Å². The van der Waals surface area contributed by atoms with Crippen LogP contribution in [0.5, 0.6) is 0 Å². The molecule has 0 spiro atoms. The number of nitrogens with zero attached hydrogens (tertiary/aromatic N) is 2. The highest BCUT2D eigenvalue weighted by Crippen LogP contribution is 2.17. The molecular weight excluding hydrogens is 280 g/mol. The first kappa shape index (κ1) is 12.4. The fraction of sp³-hybridized carbons (Fsp3) is 0.444. The van der Waals surface area contributed by atoms with E-state index in [2.05, 4.69) is 39.7 Å². The van der Waals surface area contributed by atoms with Crippen molar-refractivity contribution in [1.29, 1.82) is 0 Å². The molecule has 1 heterocycles. The summed E-state index contributed by atoms with van der Waals surface area (Å²) in [6.45, 7) is 4.14. The molecule has 15 heavy (non-hydrogen) atoms. The summed E-state index contributed by atoms with van der Waals surface area (Å²) in [6.07, 6.45) is 1.48. The largest absolute Gasteiger partial charge is 0.476 e. The molecule has 0 saturated carbocycles. The van der Waals surface area contributed by atoms with Crippen LogP contribution in [0.3, 0.4) is 0 Å². The second kappa shape index (κ2) is 5.46. The molecular formula is C9H11BrN2O2S. The monoisotopic (exact) mass is 290 g/mol. The Morgan fingerprint density at radius 3 is 2.87 bits per heavy atom. The fourth-order valence-electron chi connectivity index (χ4n) is 0.864. The van der Waals surface area contributed by atoms with E-state index in [9.17, 15) is 4.79 Å². The van der Waals surface area contributed by atoms with Gasteiger partial charge in [-0.15, -0.1) is 0 Å². The summed E-state index contributed by atoms with van der Waals surface area (Å²) in [4.78, 5) is 18.8. The lowest BCUT2D eigenvalue weighted by Gasteiger charge is -2.04. The summed E-state index contributed by atoms with van der Waals surface area (Å²) in [5.74, 6) is 0.139. The number of thioether (sulfide) groups is 1. The van der Waals surface area contributed by atoms with E-state index in [-0.39, 0.29) is 5.69 Å². The molecule has 82 valence electrons. The van der Waals surface area contributed by atoms with E-state index < -0.39 is 5.97 Å². The third kappa shape index (κ3) is 3.79. The molecule has 6 heteroatoms. The van der Waals surface area contributed by atoms with Crippen LogP contribution in [-0.2, 0) is 5.75 Å². The Bertz CT molecular complexity index is 371. The molecule has 1 rings (SSSR count). The molecule has 0 unspecified atom stereocenters. The molecule has 0 saturated heterocycles. The highest BCUT2D eigenvalue weighted by Gasteiger charge is 2.12. The van der Waals surface area contributed by atoms with E-state index in [1.165, 1.54) is 6.20 Å². The minimum absolute atomic E-state index is 0.0179. The quantitative estimate of drug-likeness (QED) is 0.923. The van der Waals surface area contributed by atoms with Gasteiger partial charge in [0.25, 0.3) is 0 Å². The molecule has 0 fully saturated rings. The van der Waals surface area contributed by atoms with Gasteiger partial charge in [-0.25, -0.2) is 14.8 Å². The van der Waals surface area contributed by atoms with Crippen molar-refractivity contribution in [3.63, 3.8) is 0 Å². The van der Waals surface area contributed by atoms with E-state index in [1.807, 2.05) is 0 Å². The average molecular weight is 291 g/mol. The van der Waals surface area contributed by atoms with Crippen molar-refractivity contribution in [2.75, 3.05) is 0 Å². The smallest absolute Gasteiger partial charge is 0.355 e. The normalized spacial score (nSPS) is 10.7. The van der Waals surface area contributed by atoms with Gasteiger partial charge in [-0.2, -0.15) is 11.8 Å². The second-order valence-corrected chi connectivity index (χ2v) is 5.57. The Balaban J connectivity index is 2.83. The molecule has 4 nitrogen and oxygen atoms in total. The molecule has 0 atom stereocenters. The zero-order chi connectivity index (χ0) is 11.4. The molecule has 0 radical (unpaired) electrons. The number of aromatic carboxylic acids is 1. The van der Waals surface area contributed by atoms with Gasteiger partial charge in [-0.1, -0.05) is 13.8 Å². The van der Waals surface area contributed by atoms with Crippen LogP contribution in [0, 0.1) is 0 Å². The number of carboxylic acid groups (broad SMARTS) is 1. The van der Waals surface area contributed by atoms with E-state index in [1.54, 1.807) is 11.8 Å². The van der Waals surface area contributed by atoms with Crippen molar-refractivity contribution >= 4 is 33.7 Å². The van der Waals surface area contributed by atoms with Gasteiger partial charge in [0.1, 0.15) is 5.82 Å². The number of hydrogen-bond acceptors (Lipinski definition) is 4. The predicted octanol–water partition coefficient (Wildman–Crippen LogP) is 2.58. The summed E-state index contributed by atoms with van der Waals surface area (Å²) in [7, 11) is 0. The van der Waals surface area contributed by atoms with Crippen LogP contribution in [0.15, 0.2) is 10.7 Å². The van der Waals surface area contributed by atoms with E-state index in [0.717, 1.165) is 0 Å². The minimum atomic E-state index is -1.04. The maximum atomic E-state index is 10.8. The summed E-state index contributed by atoms with van der Waals surface area (Å²) < 4.78 is 0.410. The molecule has 1 aromatic rings. The molecule has 0 aromatic carbocycles. The summed E-state index contributed by atoms with van der Waals surface area (Å²) in [5, 5.41) is 9.32. The Hall–Kier alpha value is -0.620. The van der Waals surface area contributed by atoms with Crippen LogP contribution in [-0.4, -0.2) is 26.3 Å². The average Bonchev–Trinajstić information content (AvgIpc) is 2.16. The number of halogens is 1. The molecule has 0 aliphatic heterocycles. The molecule has 1 N–H and O–H groups in total. The summed E-state index contributed by atoms with van der Waals surface area (Å²) in [6, 6.07) is 0. The molecule has 1 aromatic heterocycles. The second-order valence-electron chi connectivity index (χ2n) is 3.15. The maximum absolute atomic E-state index is 10.8. The first-order valence-corrected chi connectivity index (χ1v) is 6.21. The van der Waals surface area contributed by atoms with Gasteiger partial charge in [0.05, 0.1) is 10.2 Å². The van der Waals surface area contributed by atoms with E-state index in [0.29, 0.717) is 21.3 Å². The van der Waals surface area contributed by atoms with Crippen LogP contribution in [0.1, 0.15) is 30.2 Å². The number of aromatic nitrogens is 2. The van der Waals surface area contributed by atoms with Gasteiger partial charge in [-0.3, -0.25) is 0 Å². The summed E-state index contributed by atoms with van der Waals surface area (Å²) in [5.41, 5.74) is 0.0179. The molecule has 0 aliphatic carbocycles. The Morgan fingerprint density at radius 1 is 1.67 bits per heavy atom. The van der Waals surface area contributed by atoms with Gasteiger partial charge in [0, 0.05) is 6.20 Å². The summed E-state index contributed by atoms with van der Waals surface area (Å²) >= 11 is 4.78. The van der Waals surface area contributed by atoms with Crippen LogP contribution >= 0.6 is 27.7 Å². The van der Waals surface area contributed by atoms with Crippen molar-refractivity contribution < 1.29 is 9.90 Å². The highest BCUT2D eigenvalue weighted by molar-refractivity contribution is 9.10. The molecule has 0 bridgehead atoms. The predicted molar refractivity (Wildman–Crippen MR) is 63.1 cm³/mol. The van der Waals surface area contributed by atoms with E-state index in [4.69, 9.17) is 5.11 Å². The zero-order valence-corrected chi connectivity index (χ0v) is 10.8. The number of rotatable bonds is 4. The SMILES string of the molecule is CC(C)SCc1ncc(Br)c(C(=O)O)n1. The Morgan fingerprint density at radius 2 is 2.33 bits per heavy atom. The molecule has 0 aliphatic rings. The first-order chi connectivity index (χ1) is 7.00. The van der Waals surface area contributed by atoms with Crippen molar-refractivity contribution in [1.82, 2.24) is 9.97 Å². The number of hydrogen-bond donors (Lipinski definition) is 1. The minimum Gasteiger partial charge on any atom is -0.476 e. The number of carbonyl (C=O) groups is 1. The first-order valence-electron chi connectivity index (χ1n) is 4.37. The van der Waals surface area contributed by atoms with E-state index >= 15 is 0 Å². The van der Waals surface area contributed by atoms with Crippen molar-refractivity contribution in [3.8, 4) is 0 Å². The maximum Gasteiger partial charge on any atom is 0.355 e. The van der Waals surface area contributed by atoms with Crippen LogP contribution < -0.4 is 0 Å². The topological polar surface area (TPSA) is 63.1 Å². The van der Waals surface area contributed by atoms with Gasteiger partial charge in [0.15, 0.2) is 5.69 Å². The molecule has 0 amide bonds. The number of carboxylic acids is 1. The van der Waals surface area contributed by atoms with Crippen molar-refractivity contribution in [2.24, 2.45) is 0 Å². The standard InChI is InChI=1S/C9H11BrN2O2S/c1-5(2)15-4-7-11-3-6(10)8(12-7)9(13)14/h3,5H,4H2,1-2H3,(H,13,14). The highest BCUT2D eigenvalue weighted by atomic mass is 79.9. The van der Waals surface area contributed by atoms with Crippen LogP contribution in [0.4, 0.5) is 0 Å². The van der Waals surface area contributed by atoms with Gasteiger partial charge < -0.3 is 5.11 Å². The van der Waals surface area contributed by atoms with Gasteiger partial charge in [0.2, 0.25) is 0 Å². The van der Waals surface area contributed by atoms with Crippen LogP contribution in [0.2, 0.25) is 0 Å². The van der Waals surface area contributed by atoms with Crippen molar-refractivity contribution in [3.05, 3.63) is 22.2 Å². The lowest BCUT2D eigenvalue weighted by molar-refractivity contribution is 0.0689. The lowest BCUT2D eigenvalue weighted by Crippen LogP contribution is -2.06. The lowest BCUT2D eigenvalue weighted by atomic mass is 10.4. The Kier molecular flexibility index (Phi) is 4.53. The zero-order valence-electron chi connectivity index (χ0n) is 8.40. The third-order valence-corrected chi connectivity index (χ3v) is 3.21. The van der Waals surface area contributed by atoms with Crippen molar-refractivity contribution in [2.45, 2.75) is 24.9 Å². The van der Waals surface area contributed by atoms with Crippen LogP contribution in [0.25, 0.3) is 0 Å².